The van der Waals surface area contributed by atoms with Gasteiger partial charge in [0.25, 0.3) is 5.91 Å². The highest BCUT2D eigenvalue weighted by molar-refractivity contribution is 6.33. The lowest BCUT2D eigenvalue weighted by Crippen LogP contribution is -2.14. The number of amides is 1. The van der Waals surface area contributed by atoms with E-state index in [9.17, 15) is 9.59 Å². The van der Waals surface area contributed by atoms with E-state index < -0.39 is 11.9 Å². The van der Waals surface area contributed by atoms with Gasteiger partial charge in [-0.15, -0.1) is 0 Å². The summed E-state index contributed by atoms with van der Waals surface area (Å²) in [6, 6.07) is 5.50. The fourth-order valence-electron chi connectivity index (χ4n) is 1.45. The zero-order valence-corrected chi connectivity index (χ0v) is 10.8. The number of carboxylic acid groups (broad SMARTS) is 1. The van der Waals surface area contributed by atoms with Gasteiger partial charge in [-0.1, -0.05) is 11.6 Å². The molecule has 98 valence electrons. The average molecular weight is 300 g/mol. The van der Waals surface area contributed by atoms with Crippen LogP contribution in [0.25, 0.3) is 0 Å². The number of carbonyl (C=O) groups is 2. The number of halogens is 2. The number of anilines is 1. The Labute approximate surface area is 117 Å². The first-order valence-corrected chi connectivity index (χ1v) is 5.82. The van der Waals surface area contributed by atoms with Gasteiger partial charge in [-0.3, -0.25) is 4.79 Å². The molecule has 19 heavy (non-hydrogen) atoms. The molecule has 0 unspecified atom stereocenters. The normalized spacial score (nSPS) is 10.2. The van der Waals surface area contributed by atoms with Crippen LogP contribution in [-0.4, -0.2) is 17.0 Å². The molecule has 2 rings (SSSR count). The Balaban J connectivity index is 2.32. The number of benzene rings is 1. The van der Waals surface area contributed by atoms with Crippen molar-refractivity contribution in [1.82, 2.24) is 0 Å². The predicted octanol–water partition coefficient (Wildman–Crippen LogP) is 3.54. The molecule has 0 fully saturated rings. The third-order valence-corrected chi connectivity index (χ3v) is 2.85. The molecule has 0 atom stereocenters. The summed E-state index contributed by atoms with van der Waals surface area (Å²) in [5.41, 5.74) is 0.132. The monoisotopic (exact) mass is 299 g/mol. The minimum atomic E-state index is -1.20. The van der Waals surface area contributed by atoms with Gasteiger partial charge in [0.05, 0.1) is 23.1 Å². The minimum Gasteiger partial charge on any atom is -0.478 e. The molecular weight excluding hydrogens is 293 g/mol. The second kappa shape index (κ2) is 5.34. The van der Waals surface area contributed by atoms with Crippen LogP contribution in [0.1, 0.15) is 20.7 Å². The Hall–Kier alpha value is -1.98. The summed E-state index contributed by atoms with van der Waals surface area (Å²) in [6.45, 7) is 0. The lowest BCUT2D eigenvalue weighted by molar-refractivity contribution is 0.0698. The summed E-state index contributed by atoms with van der Waals surface area (Å²) in [5, 5.41) is 11.7. The molecule has 1 amide bonds. The van der Waals surface area contributed by atoms with Crippen LogP contribution in [0.4, 0.5) is 5.69 Å². The van der Waals surface area contributed by atoms with Crippen molar-refractivity contribution in [1.29, 1.82) is 0 Å². The number of carboxylic acids is 1. The first kappa shape index (κ1) is 13.5. The molecule has 1 heterocycles. The van der Waals surface area contributed by atoms with E-state index in [4.69, 9.17) is 32.7 Å². The highest BCUT2D eigenvalue weighted by Gasteiger charge is 2.17. The maximum Gasteiger partial charge on any atom is 0.337 e. The maximum atomic E-state index is 11.9. The van der Waals surface area contributed by atoms with Gasteiger partial charge in [-0.2, -0.15) is 0 Å². The van der Waals surface area contributed by atoms with Crippen molar-refractivity contribution in [2.24, 2.45) is 0 Å². The van der Waals surface area contributed by atoms with E-state index in [-0.39, 0.29) is 27.1 Å². The number of furan rings is 1. The number of nitrogens with one attached hydrogen (secondary N) is 1. The zero-order valence-electron chi connectivity index (χ0n) is 9.31. The maximum absolute atomic E-state index is 11.9. The molecule has 0 aliphatic heterocycles. The SMILES string of the molecule is O=C(O)c1cc(Cl)ccc1NC(=O)c1ccoc1Cl. The van der Waals surface area contributed by atoms with Crippen LogP contribution >= 0.6 is 23.2 Å². The van der Waals surface area contributed by atoms with Crippen LogP contribution < -0.4 is 5.32 Å². The predicted molar refractivity (Wildman–Crippen MR) is 70.1 cm³/mol. The molecule has 0 saturated carbocycles. The third kappa shape index (κ3) is 2.89. The molecule has 2 aromatic rings. The van der Waals surface area contributed by atoms with Gasteiger partial charge in [0.1, 0.15) is 0 Å². The summed E-state index contributed by atoms with van der Waals surface area (Å²) in [5.74, 6) is -1.76. The zero-order chi connectivity index (χ0) is 14.0. The van der Waals surface area contributed by atoms with E-state index >= 15 is 0 Å². The average Bonchev–Trinajstić information content (AvgIpc) is 2.77. The van der Waals surface area contributed by atoms with Crippen molar-refractivity contribution in [2.75, 3.05) is 5.32 Å². The van der Waals surface area contributed by atoms with E-state index in [1.165, 1.54) is 30.5 Å². The molecule has 2 N–H and O–H groups in total. The molecule has 5 nitrogen and oxygen atoms in total. The standard InChI is InChI=1S/C12H7Cl2NO4/c13-6-1-2-9(8(5-6)12(17)18)15-11(16)7-3-4-19-10(7)14/h1-5H,(H,15,16)(H,17,18). The summed E-state index contributed by atoms with van der Waals surface area (Å²) in [6.07, 6.45) is 1.26. The third-order valence-electron chi connectivity index (χ3n) is 2.32. The highest BCUT2D eigenvalue weighted by atomic mass is 35.5. The Morgan fingerprint density at radius 3 is 2.47 bits per heavy atom. The van der Waals surface area contributed by atoms with Crippen molar-refractivity contribution in [3.8, 4) is 0 Å². The van der Waals surface area contributed by atoms with Crippen molar-refractivity contribution >= 4 is 40.8 Å². The van der Waals surface area contributed by atoms with E-state index in [0.29, 0.717) is 0 Å². The van der Waals surface area contributed by atoms with E-state index in [0.717, 1.165) is 0 Å². The van der Waals surface area contributed by atoms with Gasteiger partial charge >= 0.3 is 5.97 Å². The van der Waals surface area contributed by atoms with Crippen LogP contribution in [0.15, 0.2) is 34.9 Å². The number of hydrogen-bond donors (Lipinski definition) is 2. The topological polar surface area (TPSA) is 79.5 Å². The lowest BCUT2D eigenvalue weighted by atomic mass is 10.1. The molecular formula is C12H7Cl2NO4. The Bertz CT molecular complexity index is 651. The Kier molecular flexibility index (Phi) is 3.78. The number of rotatable bonds is 3. The molecule has 0 spiro atoms. The van der Waals surface area contributed by atoms with Crippen molar-refractivity contribution in [3.63, 3.8) is 0 Å². The van der Waals surface area contributed by atoms with Crippen LogP contribution in [-0.2, 0) is 0 Å². The van der Waals surface area contributed by atoms with E-state index in [1.807, 2.05) is 0 Å². The first-order valence-electron chi connectivity index (χ1n) is 5.06. The highest BCUT2D eigenvalue weighted by Crippen LogP contribution is 2.23. The summed E-state index contributed by atoms with van der Waals surface area (Å²) in [4.78, 5) is 22.9. The molecule has 1 aromatic heterocycles. The number of aromatic carboxylic acids is 1. The summed E-state index contributed by atoms with van der Waals surface area (Å²) < 4.78 is 4.79. The van der Waals surface area contributed by atoms with Gasteiger partial charge in [-0.25, -0.2) is 4.79 Å². The summed E-state index contributed by atoms with van der Waals surface area (Å²) in [7, 11) is 0. The van der Waals surface area contributed by atoms with Gasteiger partial charge in [0.2, 0.25) is 5.22 Å². The molecule has 0 saturated heterocycles. The van der Waals surface area contributed by atoms with Crippen LogP contribution in [0.2, 0.25) is 10.2 Å². The van der Waals surface area contributed by atoms with Crippen molar-refractivity contribution in [3.05, 3.63) is 51.9 Å². The van der Waals surface area contributed by atoms with Crippen LogP contribution in [0.5, 0.6) is 0 Å². The molecule has 0 bridgehead atoms. The van der Waals surface area contributed by atoms with Gasteiger partial charge in [0, 0.05) is 5.02 Å². The van der Waals surface area contributed by atoms with Crippen LogP contribution in [0, 0.1) is 0 Å². The molecule has 1 aromatic carbocycles. The second-order valence-electron chi connectivity index (χ2n) is 3.56. The largest absolute Gasteiger partial charge is 0.478 e. The van der Waals surface area contributed by atoms with E-state index in [2.05, 4.69) is 5.32 Å². The number of hydrogen-bond acceptors (Lipinski definition) is 3. The minimum absolute atomic E-state index is 0.0664. The van der Waals surface area contributed by atoms with Crippen molar-refractivity contribution < 1.29 is 19.1 Å². The van der Waals surface area contributed by atoms with Crippen molar-refractivity contribution in [2.45, 2.75) is 0 Å². The Morgan fingerprint density at radius 1 is 1.16 bits per heavy atom. The van der Waals surface area contributed by atoms with Gasteiger partial charge in [-0.05, 0) is 35.9 Å². The molecule has 0 aliphatic carbocycles. The number of carbonyl (C=O) groups excluding carboxylic acids is 1. The molecule has 0 aliphatic rings. The molecule has 7 heteroatoms. The quantitative estimate of drug-likeness (QED) is 0.908. The second-order valence-corrected chi connectivity index (χ2v) is 4.34. The Morgan fingerprint density at radius 2 is 1.89 bits per heavy atom. The fraction of sp³-hybridized carbons (Fsp3) is 0. The molecule has 0 radical (unpaired) electrons. The van der Waals surface area contributed by atoms with Crippen LogP contribution in [0.3, 0.4) is 0 Å². The van der Waals surface area contributed by atoms with E-state index in [1.54, 1.807) is 0 Å². The first-order chi connectivity index (χ1) is 8.99. The van der Waals surface area contributed by atoms with Gasteiger partial charge < -0.3 is 14.8 Å². The van der Waals surface area contributed by atoms with Gasteiger partial charge in [0.15, 0.2) is 0 Å². The summed E-state index contributed by atoms with van der Waals surface area (Å²) >= 11 is 11.4. The smallest absolute Gasteiger partial charge is 0.337 e. The fourth-order valence-corrected chi connectivity index (χ4v) is 1.82. The lowest BCUT2D eigenvalue weighted by Gasteiger charge is -2.08.